The third-order valence-electron chi connectivity index (χ3n) is 2.89. The summed E-state index contributed by atoms with van der Waals surface area (Å²) in [7, 11) is 0. The van der Waals surface area contributed by atoms with E-state index in [1.807, 2.05) is 25.1 Å². The third-order valence-corrected chi connectivity index (χ3v) is 3.15. The molecule has 0 radical (unpaired) electrons. The largest absolute Gasteiger partial charge is 0.478 e. The van der Waals surface area contributed by atoms with Crippen molar-refractivity contribution in [2.75, 3.05) is 0 Å². The molecule has 0 aliphatic heterocycles. The summed E-state index contributed by atoms with van der Waals surface area (Å²) in [5, 5.41) is 9.92. The lowest BCUT2D eigenvalue weighted by atomic mass is 9.93. The van der Waals surface area contributed by atoms with Crippen molar-refractivity contribution in [2.45, 2.75) is 13.3 Å². The highest BCUT2D eigenvalue weighted by molar-refractivity contribution is 6.30. The lowest BCUT2D eigenvalue weighted by molar-refractivity contribution is 0.0697. The van der Waals surface area contributed by atoms with E-state index >= 15 is 0 Å². The lowest BCUT2D eigenvalue weighted by Gasteiger charge is -2.11. The Bertz CT molecular complexity index is 574. The highest BCUT2D eigenvalue weighted by Gasteiger charge is 2.14. The molecule has 2 aromatic carbocycles. The fraction of sp³-hybridized carbons (Fsp3) is 0.133. The van der Waals surface area contributed by atoms with Crippen molar-refractivity contribution in [3.63, 3.8) is 0 Å². The Balaban J connectivity index is 2.67. The Labute approximate surface area is 111 Å². The van der Waals surface area contributed by atoms with E-state index in [0.29, 0.717) is 10.6 Å². The van der Waals surface area contributed by atoms with Crippen molar-refractivity contribution >= 4 is 17.6 Å². The molecule has 18 heavy (non-hydrogen) atoms. The van der Waals surface area contributed by atoms with E-state index in [2.05, 4.69) is 0 Å². The van der Waals surface area contributed by atoms with Crippen molar-refractivity contribution in [3.05, 3.63) is 58.6 Å². The van der Waals surface area contributed by atoms with Gasteiger partial charge in [0.25, 0.3) is 0 Å². The second-order valence-corrected chi connectivity index (χ2v) is 4.44. The molecule has 2 nitrogen and oxygen atoms in total. The van der Waals surface area contributed by atoms with Crippen LogP contribution in [-0.4, -0.2) is 11.1 Å². The molecule has 0 aliphatic rings. The molecular formula is C15H13ClO2. The first-order chi connectivity index (χ1) is 8.63. The maximum atomic E-state index is 11.3. The van der Waals surface area contributed by atoms with Gasteiger partial charge in [-0.25, -0.2) is 4.79 Å². The molecule has 0 fully saturated rings. The quantitative estimate of drug-likeness (QED) is 0.895. The summed E-state index contributed by atoms with van der Waals surface area (Å²) in [6.07, 6.45) is 0.791. The van der Waals surface area contributed by atoms with Gasteiger partial charge in [-0.1, -0.05) is 42.8 Å². The zero-order valence-corrected chi connectivity index (χ0v) is 10.7. The maximum absolute atomic E-state index is 11.3. The molecule has 0 spiro atoms. The second-order valence-electron chi connectivity index (χ2n) is 4.01. The topological polar surface area (TPSA) is 37.3 Å². The summed E-state index contributed by atoms with van der Waals surface area (Å²) in [6.45, 7) is 2.01. The van der Waals surface area contributed by atoms with Gasteiger partial charge in [-0.2, -0.15) is 0 Å². The van der Waals surface area contributed by atoms with Gasteiger partial charge in [0, 0.05) is 5.02 Å². The van der Waals surface area contributed by atoms with E-state index < -0.39 is 5.97 Å². The Morgan fingerprint density at radius 2 is 1.83 bits per heavy atom. The number of halogens is 1. The Morgan fingerprint density at radius 3 is 2.39 bits per heavy atom. The standard InChI is InChI=1S/C15H13ClO2/c1-2-10-4-3-5-13(15(17)18)14(10)11-6-8-12(16)9-7-11/h3-9H,2H2,1H3,(H,17,18). The maximum Gasteiger partial charge on any atom is 0.336 e. The summed E-state index contributed by atoms with van der Waals surface area (Å²) in [5.74, 6) is -0.907. The summed E-state index contributed by atoms with van der Waals surface area (Å²) < 4.78 is 0. The first-order valence-corrected chi connectivity index (χ1v) is 6.12. The molecule has 0 aliphatic carbocycles. The van der Waals surface area contributed by atoms with Gasteiger partial charge in [-0.15, -0.1) is 0 Å². The first kappa shape index (κ1) is 12.7. The van der Waals surface area contributed by atoms with Gasteiger partial charge in [0.05, 0.1) is 5.56 Å². The number of hydrogen-bond donors (Lipinski definition) is 1. The summed E-state index contributed by atoms with van der Waals surface area (Å²) in [5.41, 5.74) is 3.02. The molecule has 0 amide bonds. The molecule has 0 saturated carbocycles. The summed E-state index contributed by atoms with van der Waals surface area (Å²) >= 11 is 5.86. The van der Waals surface area contributed by atoms with E-state index in [1.54, 1.807) is 24.3 Å². The van der Waals surface area contributed by atoms with Gasteiger partial charge in [0.15, 0.2) is 0 Å². The minimum atomic E-state index is -0.907. The van der Waals surface area contributed by atoms with Gasteiger partial charge in [0.2, 0.25) is 0 Å². The fourth-order valence-corrected chi connectivity index (χ4v) is 2.16. The van der Waals surface area contributed by atoms with Crippen LogP contribution in [0.4, 0.5) is 0 Å². The van der Waals surface area contributed by atoms with Crippen LogP contribution in [0.15, 0.2) is 42.5 Å². The number of aryl methyl sites for hydroxylation is 1. The van der Waals surface area contributed by atoms with Crippen LogP contribution in [0.3, 0.4) is 0 Å². The molecule has 0 unspecified atom stereocenters. The molecule has 3 heteroatoms. The molecule has 0 aromatic heterocycles. The van der Waals surface area contributed by atoms with E-state index in [4.69, 9.17) is 11.6 Å². The van der Waals surface area contributed by atoms with Gasteiger partial charge in [-0.05, 0) is 41.3 Å². The minimum Gasteiger partial charge on any atom is -0.478 e. The number of benzene rings is 2. The lowest BCUT2D eigenvalue weighted by Crippen LogP contribution is -2.02. The van der Waals surface area contributed by atoms with Gasteiger partial charge >= 0.3 is 5.97 Å². The van der Waals surface area contributed by atoms with Gasteiger partial charge in [-0.3, -0.25) is 0 Å². The summed E-state index contributed by atoms with van der Waals surface area (Å²) in [4.78, 5) is 11.3. The molecule has 2 rings (SSSR count). The molecule has 0 bridgehead atoms. The molecule has 2 aromatic rings. The number of carboxylic acid groups (broad SMARTS) is 1. The highest BCUT2D eigenvalue weighted by Crippen LogP contribution is 2.29. The normalized spacial score (nSPS) is 10.3. The number of hydrogen-bond acceptors (Lipinski definition) is 1. The predicted octanol–water partition coefficient (Wildman–Crippen LogP) is 4.27. The van der Waals surface area contributed by atoms with Crippen LogP contribution in [0.5, 0.6) is 0 Å². The van der Waals surface area contributed by atoms with Crippen molar-refractivity contribution in [2.24, 2.45) is 0 Å². The van der Waals surface area contributed by atoms with E-state index in [9.17, 15) is 9.90 Å². The number of carboxylic acids is 1. The van der Waals surface area contributed by atoms with Crippen LogP contribution in [-0.2, 0) is 6.42 Å². The Kier molecular flexibility index (Phi) is 3.68. The van der Waals surface area contributed by atoms with Crippen LogP contribution >= 0.6 is 11.6 Å². The van der Waals surface area contributed by atoms with E-state index in [0.717, 1.165) is 23.1 Å². The molecule has 0 atom stereocenters. The Hall–Kier alpha value is -1.80. The van der Waals surface area contributed by atoms with Crippen molar-refractivity contribution in [1.82, 2.24) is 0 Å². The van der Waals surface area contributed by atoms with Crippen molar-refractivity contribution < 1.29 is 9.90 Å². The van der Waals surface area contributed by atoms with Gasteiger partial charge < -0.3 is 5.11 Å². The van der Waals surface area contributed by atoms with E-state index in [1.165, 1.54) is 0 Å². The van der Waals surface area contributed by atoms with Crippen LogP contribution in [0.25, 0.3) is 11.1 Å². The van der Waals surface area contributed by atoms with Crippen LogP contribution in [0, 0.1) is 0 Å². The molecular weight excluding hydrogens is 248 g/mol. The zero-order valence-electron chi connectivity index (χ0n) is 9.98. The van der Waals surface area contributed by atoms with Gasteiger partial charge in [0.1, 0.15) is 0 Å². The zero-order chi connectivity index (χ0) is 13.1. The molecule has 0 saturated heterocycles. The predicted molar refractivity (Wildman–Crippen MR) is 73.2 cm³/mol. The number of carbonyl (C=O) groups is 1. The Morgan fingerprint density at radius 1 is 1.17 bits per heavy atom. The minimum absolute atomic E-state index is 0.330. The average molecular weight is 261 g/mol. The number of rotatable bonds is 3. The van der Waals surface area contributed by atoms with E-state index in [-0.39, 0.29) is 0 Å². The van der Waals surface area contributed by atoms with Crippen molar-refractivity contribution in [3.8, 4) is 11.1 Å². The first-order valence-electron chi connectivity index (χ1n) is 5.74. The van der Waals surface area contributed by atoms with Crippen LogP contribution in [0.1, 0.15) is 22.8 Å². The molecule has 92 valence electrons. The monoisotopic (exact) mass is 260 g/mol. The molecule has 1 N–H and O–H groups in total. The summed E-state index contributed by atoms with van der Waals surface area (Å²) in [6, 6.07) is 12.6. The van der Waals surface area contributed by atoms with Crippen LogP contribution < -0.4 is 0 Å². The highest BCUT2D eigenvalue weighted by atomic mass is 35.5. The van der Waals surface area contributed by atoms with Crippen LogP contribution in [0.2, 0.25) is 5.02 Å². The molecule has 0 heterocycles. The average Bonchev–Trinajstić information content (AvgIpc) is 2.38. The smallest absolute Gasteiger partial charge is 0.336 e. The number of aromatic carboxylic acids is 1. The third kappa shape index (κ3) is 2.39. The SMILES string of the molecule is CCc1cccc(C(=O)O)c1-c1ccc(Cl)cc1. The van der Waals surface area contributed by atoms with Crippen molar-refractivity contribution in [1.29, 1.82) is 0 Å². The fourth-order valence-electron chi connectivity index (χ4n) is 2.03. The second kappa shape index (κ2) is 5.23.